The minimum absolute atomic E-state index is 0.0758. The number of amides is 1. The van der Waals surface area contributed by atoms with Crippen molar-refractivity contribution in [1.82, 2.24) is 9.62 Å². The Morgan fingerprint density at radius 3 is 2.36 bits per heavy atom. The molecule has 6 nitrogen and oxygen atoms in total. The second kappa shape index (κ2) is 10.2. The lowest BCUT2D eigenvalue weighted by Crippen LogP contribution is -2.40. The summed E-state index contributed by atoms with van der Waals surface area (Å²) >= 11 is 0. The number of sulfonamides is 1. The SMILES string of the molecule is O=C(NC(Cc1ccc(F)cc1)c1ccccc1)c1cccc(S(=O)(=O)N2CCOCC2)c1. The average Bonchev–Trinajstić information content (AvgIpc) is 2.86. The number of carbonyl (C=O) groups excluding carboxylic acids is 1. The molecule has 1 saturated heterocycles. The molecule has 1 aliphatic rings. The van der Waals surface area contributed by atoms with Crippen LogP contribution in [0.5, 0.6) is 0 Å². The molecule has 0 aliphatic carbocycles. The van der Waals surface area contributed by atoms with E-state index in [1.54, 1.807) is 24.3 Å². The fraction of sp³-hybridized carbons (Fsp3) is 0.240. The van der Waals surface area contributed by atoms with Crippen LogP contribution in [0.2, 0.25) is 0 Å². The summed E-state index contributed by atoms with van der Waals surface area (Å²) in [6.07, 6.45) is 0.460. The van der Waals surface area contributed by atoms with E-state index in [0.29, 0.717) is 19.6 Å². The molecular weight excluding hydrogens is 443 g/mol. The molecule has 1 aliphatic heterocycles. The zero-order chi connectivity index (χ0) is 23.3. The van der Waals surface area contributed by atoms with E-state index in [2.05, 4.69) is 5.32 Å². The zero-order valence-electron chi connectivity index (χ0n) is 18.0. The van der Waals surface area contributed by atoms with Gasteiger partial charge in [0.1, 0.15) is 5.82 Å². The molecule has 0 spiro atoms. The van der Waals surface area contributed by atoms with E-state index in [-0.39, 0.29) is 41.3 Å². The van der Waals surface area contributed by atoms with Crippen molar-refractivity contribution in [2.45, 2.75) is 17.4 Å². The Bertz CT molecular complexity index is 1190. The second-order valence-corrected chi connectivity index (χ2v) is 9.75. The lowest BCUT2D eigenvalue weighted by molar-refractivity contribution is 0.0730. The molecule has 8 heteroatoms. The molecule has 3 aromatic rings. The first kappa shape index (κ1) is 23.1. The minimum Gasteiger partial charge on any atom is -0.379 e. The molecule has 1 fully saturated rings. The summed E-state index contributed by atoms with van der Waals surface area (Å²) in [6.45, 7) is 1.27. The molecule has 0 radical (unpaired) electrons. The van der Waals surface area contributed by atoms with Crippen molar-refractivity contribution in [2.75, 3.05) is 26.3 Å². The van der Waals surface area contributed by atoms with Crippen LogP contribution >= 0.6 is 0 Å². The van der Waals surface area contributed by atoms with Crippen molar-refractivity contribution in [3.05, 3.63) is 101 Å². The van der Waals surface area contributed by atoms with Crippen LogP contribution in [-0.2, 0) is 21.2 Å². The average molecular weight is 469 g/mol. The third-order valence-electron chi connectivity index (χ3n) is 5.56. The van der Waals surface area contributed by atoms with E-state index >= 15 is 0 Å². The Morgan fingerprint density at radius 2 is 1.67 bits per heavy atom. The predicted molar refractivity (Wildman–Crippen MR) is 123 cm³/mol. The van der Waals surface area contributed by atoms with E-state index in [1.165, 1.54) is 28.6 Å². The number of nitrogens with zero attached hydrogens (tertiary/aromatic N) is 1. The lowest BCUT2D eigenvalue weighted by Gasteiger charge is -2.26. The molecule has 172 valence electrons. The summed E-state index contributed by atoms with van der Waals surface area (Å²) in [5.41, 5.74) is 2.02. The Balaban J connectivity index is 1.56. The van der Waals surface area contributed by atoms with Gasteiger partial charge in [-0.2, -0.15) is 4.31 Å². The fourth-order valence-corrected chi connectivity index (χ4v) is 5.22. The van der Waals surface area contributed by atoms with Crippen LogP contribution in [0.15, 0.2) is 83.8 Å². The molecule has 3 aromatic carbocycles. The highest BCUT2D eigenvalue weighted by Crippen LogP contribution is 2.22. The maximum atomic E-state index is 13.3. The number of nitrogens with one attached hydrogen (secondary N) is 1. The molecule has 0 saturated carbocycles. The molecule has 1 unspecified atom stereocenters. The van der Waals surface area contributed by atoms with Gasteiger partial charge in [0.05, 0.1) is 24.2 Å². The summed E-state index contributed by atoms with van der Waals surface area (Å²) in [4.78, 5) is 13.2. The quantitative estimate of drug-likeness (QED) is 0.575. The van der Waals surface area contributed by atoms with Crippen molar-refractivity contribution in [3.8, 4) is 0 Å². The van der Waals surface area contributed by atoms with Crippen LogP contribution < -0.4 is 5.32 Å². The number of hydrogen-bond acceptors (Lipinski definition) is 4. The van der Waals surface area contributed by atoms with E-state index in [4.69, 9.17) is 4.74 Å². The first-order valence-electron chi connectivity index (χ1n) is 10.7. The van der Waals surface area contributed by atoms with E-state index in [0.717, 1.165) is 11.1 Å². The summed E-state index contributed by atoms with van der Waals surface area (Å²) in [5.74, 6) is -0.706. The maximum Gasteiger partial charge on any atom is 0.251 e. The van der Waals surface area contributed by atoms with Gasteiger partial charge in [-0.05, 0) is 47.9 Å². The molecule has 1 atom stereocenters. The van der Waals surface area contributed by atoms with E-state index in [1.807, 2.05) is 30.3 Å². The van der Waals surface area contributed by atoms with Crippen LogP contribution in [0, 0.1) is 5.82 Å². The van der Waals surface area contributed by atoms with Crippen molar-refractivity contribution in [2.24, 2.45) is 0 Å². The Labute approximate surface area is 193 Å². The van der Waals surface area contributed by atoms with Gasteiger partial charge < -0.3 is 10.1 Å². The summed E-state index contributed by atoms with van der Waals surface area (Å²) < 4.78 is 45.9. The standard InChI is InChI=1S/C25H25FN2O4S/c26-22-11-9-19(10-12-22)17-24(20-5-2-1-3-6-20)27-25(29)21-7-4-8-23(18-21)33(30,31)28-13-15-32-16-14-28/h1-12,18,24H,13-17H2,(H,27,29). The first-order valence-corrected chi connectivity index (χ1v) is 12.2. The zero-order valence-corrected chi connectivity index (χ0v) is 18.8. The van der Waals surface area contributed by atoms with Gasteiger partial charge in [-0.15, -0.1) is 0 Å². The Kier molecular flexibility index (Phi) is 7.17. The predicted octanol–water partition coefficient (Wildman–Crippen LogP) is 3.56. The van der Waals surface area contributed by atoms with E-state index in [9.17, 15) is 17.6 Å². The molecule has 1 N–H and O–H groups in total. The van der Waals surface area contributed by atoms with Crippen LogP contribution in [0.1, 0.15) is 27.5 Å². The van der Waals surface area contributed by atoms with Crippen LogP contribution in [0.25, 0.3) is 0 Å². The molecule has 4 rings (SSSR count). The van der Waals surface area contributed by atoms with Crippen LogP contribution in [-0.4, -0.2) is 44.9 Å². The van der Waals surface area contributed by atoms with Crippen LogP contribution in [0.4, 0.5) is 4.39 Å². The molecular formula is C25H25FN2O4S. The second-order valence-electron chi connectivity index (χ2n) is 7.81. The number of rotatable bonds is 7. The van der Waals surface area contributed by atoms with Crippen molar-refractivity contribution >= 4 is 15.9 Å². The lowest BCUT2D eigenvalue weighted by atomic mass is 9.98. The number of benzene rings is 3. The fourth-order valence-electron chi connectivity index (χ4n) is 3.77. The molecule has 33 heavy (non-hydrogen) atoms. The van der Waals surface area contributed by atoms with Gasteiger partial charge in [-0.1, -0.05) is 48.5 Å². The van der Waals surface area contributed by atoms with Gasteiger partial charge in [0.15, 0.2) is 0 Å². The van der Waals surface area contributed by atoms with Gasteiger partial charge in [-0.3, -0.25) is 4.79 Å². The number of hydrogen-bond donors (Lipinski definition) is 1. The van der Waals surface area contributed by atoms with Gasteiger partial charge >= 0.3 is 0 Å². The summed E-state index contributed by atoms with van der Waals surface area (Å²) in [5, 5.41) is 3.01. The van der Waals surface area contributed by atoms with E-state index < -0.39 is 10.0 Å². The normalized spacial score (nSPS) is 15.7. The van der Waals surface area contributed by atoms with Crippen LogP contribution in [0.3, 0.4) is 0 Å². The molecule has 1 amide bonds. The number of halogens is 1. The van der Waals surface area contributed by atoms with Crippen molar-refractivity contribution in [3.63, 3.8) is 0 Å². The molecule has 1 heterocycles. The van der Waals surface area contributed by atoms with Gasteiger partial charge in [-0.25, -0.2) is 12.8 Å². The Morgan fingerprint density at radius 1 is 0.970 bits per heavy atom. The van der Waals surface area contributed by atoms with Gasteiger partial charge in [0.2, 0.25) is 10.0 Å². The monoisotopic (exact) mass is 468 g/mol. The number of ether oxygens (including phenoxy) is 1. The minimum atomic E-state index is -3.71. The number of carbonyl (C=O) groups is 1. The Hall–Kier alpha value is -3.07. The highest BCUT2D eigenvalue weighted by molar-refractivity contribution is 7.89. The smallest absolute Gasteiger partial charge is 0.251 e. The largest absolute Gasteiger partial charge is 0.379 e. The number of morpholine rings is 1. The summed E-state index contributed by atoms with van der Waals surface area (Å²) in [7, 11) is -3.71. The molecule has 0 aromatic heterocycles. The van der Waals surface area contributed by atoms with Crippen molar-refractivity contribution in [1.29, 1.82) is 0 Å². The third kappa shape index (κ3) is 5.65. The van der Waals surface area contributed by atoms with Gasteiger partial charge in [0, 0.05) is 18.7 Å². The third-order valence-corrected chi connectivity index (χ3v) is 7.46. The highest BCUT2D eigenvalue weighted by atomic mass is 32.2. The maximum absolute atomic E-state index is 13.3. The highest BCUT2D eigenvalue weighted by Gasteiger charge is 2.27. The van der Waals surface area contributed by atoms with Gasteiger partial charge in [0.25, 0.3) is 5.91 Å². The first-order chi connectivity index (χ1) is 15.9. The topological polar surface area (TPSA) is 75.7 Å². The van der Waals surface area contributed by atoms with Crippen molar-refractivity contribution < 1.29 is 22.3 Å². The summed E-state index contributed by atoms with van der Waals surface area (Å²) in [6, 6.07) is 21.3. The molecule has 0 bridgehead atoms.